The standard InChI is InChI=1S/C17H28ClNO2/c1-3-4-5-6-7-8-9-10-11-12-14-13-19-16(15(14)18)17(20)21-2/h13,19H,3-12H2,1-2H3. The van der Waals surface area contributed by atoms with Crippen molar-refractivity contribution in [2.45, 2.75) is 71.1 Å². The number of aromatic nitrogens is 1. The molecule has 1 rings (SSSR count). The van der Waals surface area contributed by atoms with Gasteiger partial charge in [-0.3, -0.25) is 0 Å². The van der Waals surface area contributed by atoms with Crippen molar-refractivity contribution in [2.75, 3.05) is 7.11 Å². The number of esters is 1. The van der Waals surface area contributed by atoms with E-state index < -0.39 is 5.97 Å². The zero-order chi connectivity index (χ0) is 15.5. The molecule has 120 valence electrons. The van der Waals surface area contributed by atoms with E-state index in [-0.39, 0.29) is 0 Å². The summed E-state index contributed by atoms with van der Waals surface area (Å²) in [5.74, 6) is -0.404. The highest BCUT2D eigenvalue weighted by Gasteiger charge is 2.15. The third-order valence-electron chi connectivity index (χ3n) is 3.83. The summed E-state index contributed by atoms with van der Waals surface area (Å²) in [4.78, 5) is 14.3. The van der Waals surface area contributed by atoms with Gasteiger partial charge in [0.1, 0.15) is 5.69 Å². The van der Waals surface area contributed by atoms with Crippen molar-refractivity contribution < 1.29 is 9.53 Å². The van der Waals surface area contributed by atoms with E-state index in [1.54, 1.807) is 0 Å². The summed E-state index contributed by atoms with van der Waals surface area (Å²) < 4.78 is 4.67. The number of carbonyl (C=O) groups excluding carboxylic acids is 1. The summed E-state index contributed by atoms with van der Waals surface area (Å²) in [5, 5.41) is 0.515. The van der Waals surface area contributed by atoms with Crippen molar-refractivity contribution in [3.63, 3.8) is 0 Å². The molecule has 0 aliphatic carbocycles. The molecule has 0 fully saturated rings. The zero-order valence-corrected chi connectivity index (χ0v) is 14.1. The fourth-order valence-corrected chi connectivity index (χ4v) is 2.79. The second kappa shape index (κ2) is 10.7. The lowest BCUT2D eigenvalue weighted by Gasteiger charge is -2.02. The van der Waals surface area contributed by atoms with E-state index in [2.05, 4.69) is 16.6 Å². The van der Waals surface area contributed by atoms with Crippen LogP contribution in [-0.2, 0) is 11.2 Å². The summed E-state index contributed by atoms with van der Waals surface area (Å²) in [6.45, 7) is 2.25. The molecule has 0 atom stereocenters. The molecular formula is C17H28ClNO2. The Kier molecular flexibility index (Phi) is 9.24. The quantitative estimate of drug-likeness (QED) is 0.431. The summed E-state index contributed by atoms with van der Waals surface area (Å²) >= 11 is 6.18. The molecule has 0 aliphatic heterocycles. The number of ether oxygens (including phenoxy) is 1. The van der Waals surface area contributed by atoms with Gasteiger partial charge in [-0.05, 0) is 18.4 Å². The van der Waals surface area contributed by atoms with Crippen LogP contribution in [0.1, 0.15) is 80.8 Å². The van der Waals surface area contributed by atoms with Crippen LogP contribution in [0.2, 0.25) is 5.02 Å². The van der Waals surface area contributed by atoms with Crippen molar-refractivity contribution >= 4 is 17.6 Å². The monoisotopic (exact) mass is 313 g/mol. The molecule has 1 heterocycles. The lowest BCUT2D eigenvalue weighted by Crippen LogP contribution is -2.01. The van der Waals surface area contributed by atoms with Gasteiger partial charge >= 0.3 is 5.97 Å². The molecule has 21 heavy (non-hydrogen) atoms. The Balaban J connectivity index is 2.13. The molecule has 3 nitrogen and oxygen atoms in total. The van der Waals surface area contributed by atoms with Crippen LogP contribution in [0.3, 0.4) is 0 Å². The summed E-state index contributed by atoms with van der Waals surface area (Å²) in [6.07, 6.45) is 14.5. The molecule has 0 unspecified atom stereocenters. The van der Waals surface area contributed by atoms with Gasteiger partial charge in [0.25, 0.3) is 0 Å². The van der Waals surface area contributed by atoms with Crippen molar-refractivity contribution in [2.24, 2.45) is 0 Å². The number of halogens is 1. The number of unbranched alkanes of at least 4 members (excludes halogenated alkanes) is 8. The van der Waals surface area contributed by atoms with Crippen LogP contribution in [0, 0.1) is 0 Å². The van der Waals surface area contributed by atoms with E-state index in [0.717, 1.165) is 18.4 Å². The van der Waals surface area contributed by atoms with Gasteiger partial charge in [0.05, 0.1) is 12.1 Å². The first-order valence-corrected chi connectivity index (χ1v) is 8.52. The predicted molar refractivity (Wildman–Crippen MR) is 88.1 cm³/mol. The van der Waals surface area contributed by atoms with Crippen LogP contribution in [0.15, 0.2) is 6.20 Å². The third kappa shape index (κ3) is 6.56. The SMILES string of the molecule is CCCCCCCCCCCc1c[nH]c(C(=O)OC)c1Cl. The van der Waals surface area contributed by atoms with Crippen LogP contribution >= 0.6 is 11.6 Å². The van der Waals surface area contributed by atoms with E-state index in [1.807, 2.05) is 6.20 Å². The first kappa shape index (κ1) is 18.1. The first-order valence-electron chi connectivity index (χ1n) is 8.14. The lowest BCUT2D eigenvalue weighted by molar-refractivity contribution is 0.0595. The second-order valence-corrected chi connectivity index (χ2v) is 5.95. The largest absolute Gasteiger partial charge is 0.464 e. The summed E-state index contributed by atoms with van der Waals surface area (Å²) in [5.41, 5.74) is 1.38. The average Bonchev–Trinajstić information content (AvgIpc) is 2.86. The van der Waals surface area contributed by atoms with E-state index in [4.69, 9.17) is 11.6 Å². The Morgan fingerprint density at radius 2 is 1.67 bits per heavy atom. The molecule has 0 saturated carbocycles. The highest BCUT2D eigenvalue weighted by Crippen LogP contribution is 2.23. The van der Waals surface area contributed by atoms with Gasteiger partial charge in [-0.2, -0.15) is 0 Å². The topological polar surface area (TPSA) is 42.1 Å². The number of nitrogens with one attached hydrogen (secondary N) is 1. The molecular weight excluding hydrogens is 286 g/mol. The van der Waals surface area contributed by atoms with E-state index in [9.17, 15) is 4.79 Å². The van der Waals surface area contributed by atoms with E-state index in [1.165, 1.54) is 58.5 Å². The van der Waals surface area contributed by atoms with Gasteiger partial charge in [0, 0.05) is 6.20 Å². The second-order valence-electron chi connectivity index (χ2n) is 5.57. The van der Waals surface area contributed by atoms with Crippen molar-refractivity contribution in [3.05, 3.63) is 22.5 Å². The minimum atomic E-state index is -0.404. The number of aryl methyl sites for hydroxylation is 1. The maximum absolute atomic E-state index is 11.4. The lowest BCUT2D eigenvalue weighted by atomic mass is 10.0. The number of carbonyl (C=O) groups is 1. The minimum Gasteiger partial charge on any atom is -0.464 e. The van der Waals surface area contributed by atoms with Gasteiger partial charge in [-0.1, -0.05) is 69.9 Å². The summed E-state index contributed by atoms with van der Waals surface area (Å²) in [7, 11) is 1.36. The number of hydrogen-bond donors (Lipinski definition) is 1. The number of aromatic amines is 1. The van der Waals surface area contributed by atoms with Crippen molar-refractivity contribution in [3.8, 4) is 0 Å². The number of methoxy groups -OCH3 is 1. The predicted octanol–water partition coefficient (Wildman–Crippen LogP) is 5.53. The maximum atomic E-state index is 11.4. The van der Waals surface area contributed by atoms with E-state index >= 15 is 0 Å². The Hall–Kier alpha value is -0.960. The molecule has 0 spiro atoms. The Labute approximate surface area is 133 Å². The average molecular weight is 314 g/mol. The fourth-order valence-electron chi connectivity index (χ4n) is 2.51. The number of H-pyrrole nitrogens is 1. The maximum Gasteiger partial charge on any atom is 0.356 e. The number of hydrogen-bond acceptors (Lipinski definition) is 2. The Bertz CT molecular complexity index is 415. The van der Waals surface area contributed by atoms with Crippen molar-refractivity contribution in [1.82, 2.24) is 4.98 Å². The van der Waals surface area contributed by atoms with Crippen molar-refractivity contribution in [1.29, 1.82) is 0 Å². The normalized spacial score (nSPS) is 10.8. The number of rotatable bonds is 11. The molecule has 0 saturated heterocycles. The molecule has 0 amide bonds. The van der Waals surface area contributed by atoms with Crippen LogP contribution < -0.4 is 0 Å². The van der Waals surface area contributed by atoms with Gasteiger partial charge in [0.2, 0.25) is 0 Å². The fraction of sp³-hybridized carbons (Fsp3) is 0.706. The molecule has 4 heteroatoms. The van der Waals surface area contributed by atoms with Crippen LogP contribution in [-0.4, -0.2) is 18.1 Å². The first-order chi connectivity index (χ1) is 10.2. The third-order valence-corrected chi connectivity index (χ3v) is 4.26. The molecule has 0 radical (unpaired) electrons. The van der Waals surface area contributed by atoms with Crippen LogP contribution in [0.4, 0.5) is 0 Å². The smallest absolute Gasteiger partial charge is 0.356 e. The zero-order valence-electron chi connectivity index (χ0n) is 13.3. The van der Waals surface area contributed by atoms with E-state index in [0.29, 0.717) is 10.7 Å². The van der Waals surface area contributed by atoms with Crippen LogP contribution in [0.5, 0.6) is 0 Å². The van der Waals surface area contributed by atoms with Gasteiger partial charge in [-0.25, -0.2) is 4.79 Å². The van der Waals surface area contributed by atoms with Crippen LogP contribution in [0.25, 0.3) is 0 Å². The minimum absolute atomic E-state index is 0.366. The van der Waals surface area contributed by atoms with Gasteiger partial charge in [0.15, 0.2) is 0 Å². The summed E-state index contributed by atoms with van der Waals surface area (Å²) in [6, 6.07) is 0. The van der Waals surface area contributed by atoms with Gasteiger partial charge in [-0.15, -0.1) is 0 Å². The molecule has 0 aromatic carbocycles. The molecule has 1 N–H and O–H groups in total. The Morgan fingerprint density at radius 3 is 2.24 bits per heavy atom. The molecule has 0 bridgehead atoms. The highest BCUT2D eigenvalue weighted by molar-refractivity contribution is 6.34. The highest BCUT2D eigenvalue weighted by atomic mass is 35.5. The van der Waals surface area contributed by atoms with Gasteiger partial charge < -0.3 is 9.72 Å². The Morgan fingerprint density at radius 1 is 1.10 bits per heavy atom. The molecule has 1 aromatic heterocycles. The molecule has 0 aliphatic rings. The molecule has 1 aromatic rings.